The highest BCUT2D eigenvalue weighted by Gasteiger charge is 2.65. The third-order valence-electron chi connectivity index (χ3n) is 10.0. The molecule has 0 nitrogen and oxygen atoms in total. The van der Waals surface area contributed by atoms with E-state index in [2.05, 4.69) is 99.7 Å². The number of allylic oxidation sites excluding steroid dienone is 8. The second kappa shape index (κ2) is 6.59. The Labute approximate surface area is 182 Å². The molecule has 156 valence electrons. The van der Waals surface area contributed by atoms with Crippen molar-refractivity contribution in [3.63, 3.8) is 0 Å². The van der Waals surface area contributed by atoms with Crippen LogP contribution in [0.2, 0.25) is 0 Å². The fourth-order valence-electron chi connectivity index (χ4n) is 9.14. The van der Waals surface area contributed by atoms with Gasteiger partial charge in [0.25, 0.3) is 0 Å². The van der Waals surface area contributed by atoms with Gasteiger partial charge in [-0.1, -0.05) is 99.7 Å². The standard InChI is InChI=1S/C30H36/c1-29(2)19-30(3,27-18-21(17-26(27)29)20-11-5-4-6-12-20)28-24-15-9-7-13-22(24)23-14-8-10-16-25(23)28/h4-16,21-28H,17-19H2,1-3H3. The molecule has 8 atom stereocenters. The van der Waals surface area contributed by atoms with Gasteiger partial charge in [0.1, 0.15) is 0 Å². The van der Waals surface area contributed by atoms with Crippen molar-refractivity contribution >= 4 is 0 Å². The quantitative estimate of drug-likeness (QED) is 0.483. The third-order valence-corrected chi connectivity index (χ3v) is 10.0. The zero-order valence-electron chi connectivity index (χ0n) is 18.7. The van der Waals surface area contributed by atoms with E-state index in [1.807, 2.05) is 0 Å². The van der Waals surface area contributed by atoms with Gasteiger partial charge >= 0.3 is 0 Å². The molecule has 0 aliphatic heterocycles. The Bertz CT molecular complexity index is 894. The molecule has 6 rings (SSSR count). The number of hydrogen-bond acceptors (Lipinski definition) is 0. The van der Waals surface area contributed by atoms with E-state index in [-0.39, 0.29) is 0 Å². The van der Waals surface area contributed by atoms with Crippen molar-refractivity contribution in [2.45, 2.75) is 46.0 Å². The molecule has 0 heterocycles. The van der Waals surface area contributed by atoms with Gasteiger partial charge in [-0.05, 0) is 83.0 Å². The van der Waals surface area contributed by atoms with Gasteiger partial charge in [-0.25, -0.2) is 0 Å². The van der Waals surface area contributed by atoms with Crippen LogP contribution >= 0.6 is 0 Å². The first-order chi connectivity index (χ1) is 14.5. The molecular weight excluding hydrogens is 360 g/mol. The van der Waals surface area contributed by atoms with Crippen LogP contribution in [0.25, 0.3) is 0 Å². The molecule has 5 aliphatic rings. The molecule has 8 unspecified atom stereocenters. The maximum absolute atomic E-state index is 2.70. The van der Waals surface area contributed by atoms with Crippen molar-refractivity contribution in [2.75, 3.05) is 0 Å². The summed E-state index contributed by atoms with van der Waals surface area (Å²) in [6.07, 6.45) is 23.6. The second-order valence-corrected chi connectivity index (χ2v) is 11.8. The zero-order chi connectivity index (χ0) is 20.5. The van der Waals surface area contributed by atoms with Gasteiger partial charge < -0.3 is 0 Å². The zero-order valence-corrected chi connectivity index (χ0v) is 18.7. The van der Waals surface area contributed by atoms with Gasteiger partial charge in [0.15, 0.2) is 0 Å². The summed E-state index contributed by atoms with van der Waals surface area (Å²) in [6.45, 7) is 7.87. The van der Waals surface area contributed by atoms with Crippen molar-refractivity contribution in [3.05, 3.63) is 84.5 Å². The highest BCUT2D eigenvalue weighted by Crippen LogP contribution is 2.72. The van der Waals surface area contributed by atoms with E-state index in [4.69, 9.17) is 0 Å². The molecule has 5 aliphatic carbocycles. The van der Waals surface area contributed by atoms with Gasteiger partial charge in [0.2, 0.25) is 0 Å². The average molecular weight is 397 g/mol. The molecule has 3 fully saturated rings. The number of rotatable bonds is 2. The summed E-state index contributed by atoms with van der Waals surface area (Å²) in [5.41, 5.74) is 2.44. The molecule has 0 radical (unpaired) electrons. The van der Waals surface area contributed by atoms with Crippen molar-refractivity contribution < 1.29 is 0 Å². The molecule has 0 spiro atoms. The van der Waals surface area contributed by atoms with Crippen LogP contribution in [-0.4, -0.2) is 0 Å². The lowest BCUT2D eigenvalue weighted by Gasteiger charge is -2.44. The predicted octanol–water partition coefficient (Wildman–Crippen LogP) is 7.58. The first kappa shape index (κ1) is 18.9. The van der Waals surface area contributed by atoms with Gasteiger partial charge in [-0.2, -0.15) is 0 Å². The van der Waals surface area contributed by atoms with Crippen molar-refractivity contribution in [1.29, 1.82) is 0 Å². The predicted molar refractivity (Wildman–Crippen MR) is 126 cm³/mol. The lowest BCUT2D eigenvalue weighted by atomic mass is 9.60. The molecule has 0 amide bonds. The van der Waals surface area contributed by atoms with E-state index in [0.717, 1.165) is 23.7 Å². The molecule has 0 bridgehead atoms. The monoisotopic (exact) mass is 396 g/mol. The Hall–Kier alpha value is -1.82. The molecule has 1 aromatic rings. The average Bonchev–Trinajstić information content (AvgIpc) is 3.40. The lowest BCUT2D eigenvalue weighted by molar-refractivity contribution is 0.0683. The Morgan fingerprint density at radius 3 is 1.80 bits per heavy atom. The summed E-state index contributed by atoms with van der Waals surface area (Å²) >= 11 is 0. The maximum Gasteiger partial charge on any atom is -0.00954 e. The summed E-state index contributed by atoms with van der Waals surface area (Å²) in [6, 6.07) is 11.4. The van der Waals surface area contributed by atoms with Crippen LogP contribution in [0.15, 0.2) is 78.9 Å². The fraction of sp³-hybridized carbons (Fsp3) is 0.533. The molecule has 0 aromatic heterocycles. The molecule has 3 saturated carbocycles. The van der Waals surface area contributed by atoms with Crippen LogP contribution in [0.3, 0.4) is 0 Å². The van der Waals surface area contributed by atoms with E-state index >= 15 is 0 Å². The van der Waals surface area contributed by atoms with E-state index in [1.54, 1.807) is 5.56 Å². The molecule has 0 saturated heterocycles. The summed E-state index contributed by atoms with van der Waals surface area (Å²) in [5.74, 6) is 6.00. The van der Waals surface area contributed by atoms with Crippen molar-refractivity contribution in [3.8, 4) is 0 Å². The minimum absolute atomic E-state index is 0.422. The van der Waals surface area contributed by atoms with E-state index in [9.17, 15) is 0 Å². The van der Waals surface area contributed by atoms with Gasteiger partial charge in [0.05, 0.1) is 0 Å². The Balaban J connectivity index is 1.40. The Kier molecular flexibility index (Phi) is 4.15. The van der Waals surface area contributed by atoms with Crippen LogP contribution < -0.4 is 0 Å². The molecular formula is C30H36. The van der Waals surface area contributed by atoms with Gasteiger partial charge in [-0.3, -0.25) is 0 Å². The Morgan fingerprint density at radius 2 is 1.20 bits per heavy atom. The SMILES string of the molecule is CC1(C)CC(C)(C2C3C=CC=CC3C3C=CC=CC32)C2CC(c3ccccc3)CC21. The van der Waals surface area contributed by atoms with E-state index in [0.29, 0.717) is 34.5 Å². The molecule has 30 heavy (non-hydrogen) atoms. The summed E-state index contributed by atoms with van der Waals surface area (Å²) in [7, 11) is 0. The third kappa shape index (κ3) is 2.58. The highest BCUT2D eigenvalue weighted by atomic mass is 14.7. The fourth-order valence-corrected chi connectivity index (χ4v) is 9.14. The van der Waals surface area contributed by atoms with Gasteiger partial charge in [0, 0.05) is 0 Å². The van der Waals surface area contributed by atoms with Crippen LogP contribution in [0, 0.1) is 52.3 Å². The number of fused-ring (bicyclic) bond motifs is 4. The topological polar surface area (TPSA) is 0 Å². The smallest absolute Gasteiger partial charge is 0.00954 e. The van der Waals surface area contributed by atoms with Crippen LogP contribution in [-0.2, 0) is 0 Å². The minimum Gasteiger partial charge on any atom is -0.0805 e. The summed E-state index contributed by atoms with van der Waals surface area (Å²) in [4.78, 5) is 0. The first-order valence-electron chi connectivity index (χ1n) is 12.2. The Morgan fingerprint density at radius 1 is 0.667 bits per heavy atom. The number of benzene rings is 1. The molecule has 0 heteroatoms. The lowest BCUT2D eigenvalue weighted by Crippen LogP contribution is -2.38. The van der Waals surface area contributed by atoms with Crippen molar-refractivity contribution in [2.24, 2.45) is 52.3 Å². The van der Waals surface area contributed by atoms with E-state index < -0.39 is 0 Å². The maximum atomic E-state index is 2.70. The summed E-state index contributed by atoms with van der Waals surface area (Å²) < 4.78 is 0. The van der Waals surface area contributed by atoms with Crippen LogP contribution in [0.1, 0.15) is 51.5 Å². The highest BCUT2D eigenvalue weighted by molar-refractivity contribution is 5.32. The summed E-state index contributed by atoms with van der Waals surface area (Å²) in [5, 5.41) is 0. The first-order valence-corrected chi connectivity index (χ1v) is 12.2. The van der Waals surface area contributed by atoms with Gasteiger partial charge in [-0.15, -0.1) is 0 Å². The van der Waals surface area contributed by atoms with Crippen molar-refractivity contribution in [1.82, 2.24) is 0 Å². The van der Waals surface area contributed by atoms with E-state index in [1.165, 1.54) is 19.3 Å². The molecule has 1 aromatic carbocycles. The normalized spacial score (nSPS) is 47.3. The second-order valence-electron chi connectivity index (χ2n) is 11.8. The number of hydrogen-bond donors (Lipinski definition) is 0. The van der Waals surface area contributed by atoms with Crippen LogP contribution in [0.4, 0.5) is 0 Å². The van der Waals surface area contributed by atoms with Crippen LogP contribution in [0.5, 0.6) is 0 Å². The minimum atomic E-state index is 0.422. The largest absolute Gasteiger partial charge is 0.0805 e. The molecule has 0 N–H and O–H groups in total.